The Morgan fingerprint density at radius 1 is 0.893 bits per heavy atom. The molecule has 28 heavy (non-hydrogen) atoms. The van der Waals surface area contributed by atoms with Crippen LogP contribution in [0.3, 0.4) is 0 Å². The minimum Gasteiger partial charge on any atom is -0.489 e. The molecule has 0 aliphatic heterocycles. The molecular weight excluding hydrogens is 348 g/mol. The predicted octanol–water partition coefficient (Wildman–Crippen LogP) is 4.95. The Balaban J connectivity index is 1.39. The molecule has 144 valence electrons. The average molecular weight is 374 g/mol. The van der Waals surface area contributed by atoms with Crippen molar-refractivity contribution in [2.45, 2.75) is 26.0 Å². The Morgan fingerprint density at radius 2 is 1.54 bits per heavy atom. The van der Waals surface area contributed by atoms with Gasteiger partial charge in [0.2, 0.25) is 5.91 Å². The molecule has 0 bridgehead atoms. The van der Waals surface area contributed by atoms with Crippen molar-refractivity contribution in [3.8, 4) is 5.75 Å². The third kappa shape index (κ3) is 6.25. The van der Waals surface area contributed by atoms with Gasteiger partial charge in [0.15, 0.2) is 0 Å². The molecule has 0 aliphatic carbocycles. The van der Waals surface area contributed by atoms with Crippen LogP contribution >= 0.6 is 0 Å². The van der Waals surface area contributed by atoms with Crippen molar-refractivity contribution in [1.82, 2.24) is 5.32 Å². The fourth-order valence-electron chi connectivity index (χ4n) is 2.86. The number of amides is 1. The zero-order chi connectivity index (χ0) is 19.6. The van der Waals surface area contributed by atoms with Gasteiger partial charge in [0.05, 0.1) is 0 Å². The average Bonchev–Trinajstić information content (AvgIpc) is 2.74. The van der Waals surface area contributed by atoms with Gasteiger partial charge in [-0.1, -0.05) is 60.7 Å². The molecule has 3 aromatic carbocycles. The summed E-state index contributed by atoms with van der Waals surface area (Å²) in [6, 6.07) is 27.9. The molecule has 4 heteroatoms. The number of hydrogen-bond donors (Lipinski definition) is 2. The quantitative estimate of drug-likeness (QED) is 0.557. The van der Waals surface area contributed by atoms with Crippen molar-refractivity contribution in [3.05, 3.63) is 96.1 Å². The summed E-state index contributed by atoms with van der Waals surface area (Å²) in [7, 11) is 0. The van der Waals surface area contributed by atoms with E-state index in [9.17, 15) is 4.79 Å². The Labute approximate surface area is 166 Å². The standard InChI is InChI=1S/C24H26N2O2/c1-19(21-10-6-3-7-11-21)25-17-16-24(27)26-22-12-14-23(15-13-22)28-18-20-8-4-2-5-9-20/h2-15,19,25H,16-18H2,1H3,(H,26,27). The summed E-state index contributed by atoms with van der Waals surface area (Å²) in [4.78, 5) is 12.1. The maximum absolute atomic E-state index is 12.1. The van der Waals surface area contributed by atoms with Crippen molar-refractivity contribution in [1.29, 1.82) is 0 Å². The van der Waals surface area contributed by atoms with Crippen molar-refractivity contribution >= 4 is 11.6 Å². The Hall–Kier alpha value is -3.11. The topological polar surface area (TPSA) is 50.4 Å². The van der Waals surface area contributed by atoms with Gasteiger partial charge in [-0.3, -0.25) is 4.79 Å². The van der Waals surface area contributed by atoms with E-state index in [2.05, 4.69) is 29.7 Å². The van der Waals surface area contributed by atoms with E-state index in [4.69, 9.17) is 4.74 Å². The number of benzene rings is 3. The Kier molecular flexibility index (Phi) is 7.21. The van der Waals surface area contributed by atoms with Gasteiger partial charge in [-0.15, -0.1) is 0 Å². The Morgan fingerprint density at radius 3 is 2.21 bits per heavy atom. The lowest BCUT2D eigenvalue weighted by atomic mass is 10.1. The second-order valence-corrected chi connectivity index (χ2v) is 6.68. The molecule has 0 radical (unpaired) electrons. The zero-order valence-electron chi connectivity index (χ0n) is 16.1. The summed E-state index contributed by atoms with van der Waals surface area (Å²) >= 11 is 0. The highest BCUT2D eigenvalue weighted by Crippen LogP contribution is 2.17. The summed E-state index contributed by atoms with van der Waals surface area (Å²) in [5.74, 6) is 0.769. The molecular formula is C24H26N2O2. The van der Waals surface area contributed by atoms with Crippen LogP contribution < -0.4 is 15.4 Å². The molecule has 2 N–H and O–H groups in total. The van der Waals surface area contributed by atoms with Crippen LogP contribution in [-0.4, -0.2) is 12.5 Å². The molecule has 0 aliphatic rings. The molecule has 0 spiro atoms. The molecule has 0 heterocycles. The van der Waals surface area contributed by atoms with E-state index in [0.29, 0.717) is 19.6 Å². The second-order valence-electron chi connectivity index (χ2n) is 6.68. The van der Waals surface area contributed by atoms with Crippen molar-refractivity contribution in [2.24, 2.45) is 0 Å². The fraction of sp³-hybridized carbons (Fsp3) is 0.208. The normalized spacial score (nSPS) is 11.6. The van der Waals surface area contributed by atoms with E-state index in [0.717, 1.165) is 17.0 Å². The number of ether oxygens (including phenoxy) is 1. The number of rotatable bonds is 9. The first kappa shape index (κ1) is 19.6. The maximum atomic E-state index is 12.1. The molecule has 1 unspecified atom stereocenters. The van der Waals surface area contributed by atoms with E-state index >= 15 is 0 Å². The van der Waals surface area contributed by atoms with E-state index in [1.165, 1.54) is 5.56 Å². The lowest BCUT2D eigenvalue weighted by Crippen LogP contribution is -2.24. The first-order valence-corrected chi connectivity index (χ1v) is 9.56. The van der Waals surface area contributed by atoms with Crippen LogP contribution in [0.2, 0.25) is 0 Å². The number of nitrogens with one attached hydrogen (secondary N) is 2. The van der Waals surface area contributed by atoms with Gasteiger partial charge in [-0.2, -0.15) is 0 Å². The first-order chi connectivity index (χ1) is 13.7. The molecule has 0 saturated carbocycles. The molecule has 1 atom stereocenters. The molecule has 3 rings (SSSR count). The number of anilines is 1. The monoisotopic (exact) mass is 374 g/mol. The van der Waals surface area contributed by atoms with Gasteiger partial charge >= 0.3 is 0 Å². The van der Waals surface area contributed by atoms with Crippen LogP contribution in [0.4, 0.5) is 5.69 Å². The summed E-state index contributed by atoms with van der Waals surface area (Å²) in [5.41, 5.74) is 3.11. The fourth-order valence-corrected chi connectivity index (χ4v) is 2.86. The number of carbonyl (C=O) groups excluding carboxylic acids is 1. The molecule has 0 fully saturated rings. The predicted molar refractivity (Wildman–Crippen MR) is 113 cm³/mol. The van der Waals surface area contributed by atoms with Gasteiger partial charge in [0.25, 0.3) is 0 Å². The highest BCUT2D eigenvalue weighted by atomic mass is 16.5. The van der Waals surface area contributed by atoms with Gasteiger partial charge in [0.1, 0.15) is 12.4 Å². The van der Waals surface area contributed by atoms with Crippen LogP contribution in [-0.2, 0) is 11.4 Å². The molecule has 0 saturated heterocycles. The number of hydrogen-bond acceptors (Lipinski definition) is 3. The highest BCUT2D eigenvalue weighted by Gasteiger charge is 2.06. The minimum absolute atomic E-state index is 0.00860. The minimum atomic E-state index is -0.00860. The van der Waals surface area contributed by atoms with Crippen molar-refractivity contribution < 1.29 is 9.53 Å². The van der Waals surface area contributed by atoms with E-state index in [1.807, 2.05) is 72.8 Å². The van der Waals surface area contributed by atoms with Crippen molar-refractivity contribution in [3.63, 3.8) is 0 Å². The van der Waals surface area contributed by atoms with Gasteiger partial charge < -0.3 is 15.4 Å². The summed E-state index contributed by atoms with van der Waals surface area (Å²) in [5, 5.41) is 6.30. The molecule has 3 aromatic rings. The van der Waals surface area contributed by atoms with Gasteiger partial charge in [-0.25, -0.2) is 0 Å². The van der Waals surface area contributed by atoms with Crippen LogP contribution in [0.5, 0.6) is 5.75 Å². The first-order valence-electron chi connectivity index (χ1n) is 9.56. The molecule has 4 nitrogen and oxygen atoms in total. The smallest absolute Gasteiger partial charge is 0.225 e. The number of carbonyl (C=O) groups is 1. The van der Waals surface area contributed by atoms with Crippen LogP contribution in [0.25, 0.3) is 0 Å². The Bertz CT molecular complexity index is 849. The van der Waals surface area contributed by atoms with E-state index in [-0.39, 0.29) is 11.9 Å². The van der Waals surface area contributed by atoms with Crippen LogP contribution in [0.15, 0.2) is 84.9 Å². The second kappa shape index (κ2) is 10.3. The lowest BCUT2D eigenvalue weighted by molar-refractivity contribution is -0.116. The third-order valence-electron chi connectivity index (χ3n) is 4.49. The summed E-state index contributed by atoms with van der Waals surface area (Å²) in [6.45, 7) is 3.25. The highest BCUT2D eigenvalue weighted by molar-refractivity contribution is 5.90. The SMILES string of the molecule is CC(NCCC(=O)Nc1ccc(OCc2ccccc2)cc1)c1ccccc1. The lowest BCUT2D eigenvalue weighted by Gasteiger charge is -2.14. The summed E-state index contributed by atoms with van der Waals surface area (Å²) in [6.07, 6.45) is 0.420. The largest absolute Gasteiger partial charge is 0.489 e. The summed E-state index contributed by atoms with van der Waals surface area (Å²) < 4.78 is 5.76. The van der Waals surface area contributed by atoms with Crippen molar-refractivity contribution in [2.75, 3.05) is 11.9 Å². The van der Waals surface area contributed by atoms with E-state index in [1.54, 1.807) is 0 Å². The van der Waals surface area contributed by atoms with Crippen LogP contribution in [0.1, 0.15) is 30.5 Å². The third-order valence-corrected chi connectivity index (χ3v) is 4.49. The molecule has 0 aromatic heterocycles. The van der Waals surface area contributed by atoms with Crippen LogP contribution in [0, 0.1) is 0 Å². The van der Waals surface area contributed by atoms with E-state index < -0.39 is 0 Å². The van der Waals surface area contributed by atoms with Gasteiger partial charge in [0, 0.05) is 24.7 Å². The zero-order valence-corrected chi connectivity index (χ0v) is 16.1. The van der Waals surface area contributed by atoms with Gasteiger partial charge in [-0.05, 0) is 42.3 Å². The molecule has 1 amide bonds. The maximum Gasteiger partial charge on any atom is 0.225 e.